The third-order valence-electron chi connectivity index (χ3n) is 12.5. The molecular weight excluding hydrogens is 791 g/mol. The molecule has 0 spiro atoms. The third kappa shape index (κ3) is 8.10. The summed E-state index contributed by atoms with van der Waals surface area (Å²) >= 11 is 0. The Labute approximate surface area is 365 Å². The Bertz CT molecular complexity index is 2620. The first-order valence-corrected chi connectivity index (χ1v) is 24.3. The van der Waals surface area contributed by atoms with Gasteiger partial charge in [0.2, 0.25) is 5.91 Å². The fourth-order valence-corrected chi connectivity index (χ4v) is 9.26. The van der Waals surface area contributed by atoms with Gasteiger partial charge in [-0.05, 0) is 67.2 Å². The fourth-order valence-electron chi connectivity index (χ4n) is 8.10. The molecule has 12 heteroatoms. The summed E-state index contributed by atoms with van der Waals surface area (Å²) < 4.78 is 16.0. The van der Waals surface area contributed by atoms with Gasteiger partial charge in [0.15, 0.2) is 14.0 Å². The SMILES string of the molecule is Cc1ccc2c(-c3cnc4c(n3)c(C(=O)NC(C)(C)CO[Si](C)(C)C(C)(C)C)cn4C(c3ccccc3)(c3ccccc3)c3ccccc3)nn(CC(=O)N3CCOCC3)c2c1. The van der Waals surface area contributed by atoms with Gasteiger partial charge in [0.25, 0.3) is 5.91 Å². The standard InChI is InChI=1S/C50H57N7O4Si/c1-35-24-25-39-42(30-35)57(33-43(58)55-26-28-60-29-27-55)54-44(39)41-31-51-46-45(52-41)40(47(59)53-49(5,6)34-61-62(7,8)48(2,3)4)32-56(46)50(36-18-12-9-13-19-36,37-20-14-10-15-21-37)38-22-16-11-17-23-38/h9-25,30-32H,26-29,33-34H2,1-8H3,(H,53,59). The van der Waals surface area contributed by atoms with E-state index in [4.69, 9.17) is 24.2 Å². The number of carbonyl (C=O) groups excluding carboxylic acids is 2. The lowest BCUT2D eigenvalue weighted by molar-refractivity contribution is -0.136. The fraction of sp³-hybridized carbons (Fsp3) is 0.340. The monoisotopic (exact) mass is 847 g/mol. The van der Waals surface area contributed by atoms with E-state index in [9.17, 15) is 4.79 Å². The maximum absolute atomic E-state index is 15.0. The van der Waals surface area contributed by atoms with Crippen LogP contribution in [0.5, 0.6) is 0 Å². The molecule has 2 amide bonds. The molecule has 7 aromatic rings. The number of fused-ring (bicyclic) bond motifs is 2. The van der Waals surface area contributed by atoms with Crippen molar-refractivity contribution in [2.75, 3.05) is 32.9 Å². The molecule has 62 heavy (non-hydrogen) atoms. The van der Waals surface area contributed by atoms with Gasteiger partial charge in [-0.3, -0.25) is 14.3 Å². The number of morpholine rings is 1. The van der Waals surface area contributed by atoms with E-state index in [0.717, 1.165) is 33.2 Å². The molecule has 0 radical (unpaired) electrons. The first kappa shape index (κ1) is 42.7. The highest BCUT2D eigenvalue weighted by Gasteiger charge is 2.42. The number of hydrogen-bond acceptors (Lipinski definition) is 7. The maximum Gasteiger partial charge on any atom is 0.255 e. The molecule has 0 unspecified atom stereocenters. The van der Waals surface area contributed by atoms with Crippen LogP contribution in [0.25, 0.3) is 33.5 Å². The molecule has 1 saturated heterocycles. The highest BCUT2D eigenvalue weighted by Crippen LogP contribution is 2.44. The van der Waals surface area contributed by atoms with E-state index in [-0.39, 0.29) is 23.4 Å². The first-order chi connectivity index (χ1) is 29.6. The van der Waals surface area contributed by atoms with Gasteiger partial charge in [0, 0.05) is 24.7 Å². The second-order valence-electron chi connectivity index (χ2n) is 18.6. The summed E-state index contributed by atoms with van der Waals surface area (Å²) in [5.41, 5.74) is 5.50. The summed E-state index contributed by atoms with van der Waals surface area (Å²) in [6.07, 6.45) is 3.64. The van der Waals surface area contributed by atoms with E-state index in [0.29, 0.717) is 61.0 Å². The molecule has 4 heterocycles. The van der Waals surface area contributed by atoms with E-state index in [1.807, 2.05) is 105 Å². The van der Waals surface area contributed by atoms with Crippen molar-refractivity contribution in [2.24, 2.45) is 0 Å². The van der Waals surface area contributed by atoms with Crippen molar-refractivity contribution in [3.8, 4) is 11.4 Å². The second-order valence-corrected chi connectivity index (χ2v) is 23.4. The third-order valence-corrected chi connectivity index (χ3v) is 17.0. The zero-order valence-electron chi connectivity index (χ0n) is 37.1. The molecule has 1 fully saturated rings. The number of nitrogens with one attached hydrogen (secondary N) is 1. The first-order valence-electron chi connectivity index (χ1n) is 21.4. The van der Waals surface area contributed by atoms with Crippen LogP contribution in [0.3, 0.4) is 0 Å². The Balaban J connectivity index is 1.33. The Morgan fingerprint density at radius 1 is 0.823 bits per heavy atom. The Morgan fingerprint density at radius 3 is 1.97 bits per heavy atom. The van der Waals surface area contributed by atoms with Crippen molar-refractivity contribution in [2.45, 2.75) is 77.3 Å². The van der Waals surface area contributed by atoms with Crippen LogP contribution in [0.1, 0.15) is 67.2 Å². The number of ether oxygens (including phenoxy) is 1. The van der Waals surface area contributed by atoms with Crippen LogP contribution in [-0.2, 0) is 26.0 Å². The number of amides is 2. The van der Waals surface area contributed by atoms with Crippen molar-refractivity contribution < 1.29 is 18.8 Å². The summed E-state index contributed by atoms with van der Waals surface area (Å²) in [5, 5.41) is 9.23. The second kappa shape index (κ2) is 16.7. The molecule has 1 N–H and O–H groups in total. The van der Waals surface area contributed by atoms with Crippen molar-refractivity contribution in [1.29, 1.82) is 0 Å². The van der Waals surface area contributed by atoms with Gasteiger partial charge in [0.1, 0.15) is 29.0 Å². The minimum atomic E-state index is -2.13. The average molecular weight is 848 g/mol. The molecule has 0 saturated carbocycles. The molecule has 0 aliphatic carbocycles. The number of nitrogens with zero attached hydrogens (tertiary/aromatic N) is 6. The summed E-state index contributed by atoms with van der Waals surface area (Å²) in [4.78, 5) is 41.0. The minimum absolute atomic E-state index is 0.00773. The lowest BCUT2D eigenvalue weighted by Gasteiger charge is -2.39. The number of benzene rings is 4. The van der Waals surface area contributed by atoms with Crippen LogP contribution in [0.15, 0.2) is 122 Å². The van der Waals surface area contributed by atoms with Gasteiger partial charge in [-0.2, -0.15) is 5.10 Å². The molecular formula is C50H57N7O4Si. The molecule has 11 nitrogen and oxygen atoms in total. The van der Waals surface area contributed by atoms with E-state index in [1.54, 1.807) is 10.9 Å². The van der Waals surface area contributed by atoms with Crippen LogP contribution in [0.2, 0.25) is 18.1 Å². The van der Waals surface area contributed by atoms with Gasteiger partial charge in [-0.15, -0.1) is 0 Å². The molecule has 4 aromatic carbocycles. The number of carbonyl (C=O) groups is 2. The number of aryl methyl sites for hydroxylation is 1. The predicted octanol–water partition coefficient (Wildman–Crippen LogP) is 8.99. The minimum Gasteiger partial charge on any atom is -0.414 e. The molecule has 3 aromatic heterocycles. The topological polar surface area (TPSA) is 116 Å². The molecule has 1 aliphatic rings. The number of rotatable bonds is 12. The Kier molecular flexibility index (Phi) is 11.5. The number of hydrogen-bond donors (Lipinski definition) is 1. The predicted molar refractivity (Wildman–Crippen MR) is 248 cm³/mol. The summed E-state index contributed by atoms with van der Waals surface area (Å²) in [7, 11) is -2.13. The van der Waals surface area contributed by atoms with Crippen molar-refractivity contribution >= 4 is 42.2 Å². The molecule has 1 aliphatic heterocycles. The average Bonchev–Trinajstić information content (AvgIpc) is 3.82. The van der Waals surface area contributed by atoms with Crippen LogP contribution >= 0.6 is 0 Å². The van der Waals surface area contributed by atoms with Gasteiger partial charge in [0.05, 0.1) is 42.6 Å². The number of aromatic nitrogens is 5. The smallest absolute Gasteiger partial charge is 0.255 e. The zero-order valence-corrected chi connectivity index (χ0v) is 38.1. The quantitative estimate of drug-likeness (QED) is 0.0965. The van der Waals surface area contributed by atoms with Gasteiger partial charge < -0.3 is 23.9 Å². The lowest BCUT2D eigenvalue weighted by atomic mass is 9.76. The van der Waals surface area contributed by atoms with Gasteiger partial charge in [-0.1, -0.05) is 124 Å². The van der Waals surface area contributed by atoms with E-state index in [2.05, 4.69) is 80.1 Å². The van der Waals surface area contributed by atoms with Gasteiger partial charge in [-0.25, -0.2) is 9.97 Å². The van der Waals surface area contributed by atoms with Crippen LogP contribution in [-0.4, -0.2) is 87.8 Å². The molecule has 0 atom stereocenters. The molecule has 8 rings (SSSR count). The zero-order chi connectivity index (χ0) is 43.9. The summed E-state index contributed by atoms with van der Waals surface area (Å²) in [5.74, 6) is -0.322. The highest BCUT2D eigenvalue weighted by atomic mass is 28.4. The Morgan fingerprint density at radius 2 is 1.40 bits per heavy atom. The molecule has 0 bridgehead atoms. The largest absolute Gasteiger partial charge is 0.414 e. The lowest BCUT2D eigenvalue weighted by Crippen LogP contribution is -2.51. The van der Waals surface area contributed by atoms with Gasteiger partial charge >= 0.3 is 0 Å². The normalized spacial score (nSPS) is 14.1. The van der Waals surface area contributed by atoms with Crippen LogP contribution < -0.4 is 5.32 Å². The van der Waals surface area contributed by atoms with Crippen LogP contribution in [0.4, 0.5) is 0 Å². The highest BCUT2D eigenvalue weighted by molar-refractivity contribution is 6.74. The van der Waals surface area contributed by atoms with Crippen molar-refractivity contribution in [3.05, 3.63) is 149 Å². The van der Waals surface area contributed by atoms with Crippen LogP contribution in [0, 0.1) is 6.92 Å². The van der Waals surface area contributed by atoms with Crippen molar-refractivity contribution in [3.63, 3.8) is 0 Å². The Hall–Kier alpha value is -5.95. The molecule has 320 valence electrons. The van der Waals surface area contributed by atoms with Crippen molar-refractivity contribution in [1.82, 2.24) is 34.5 Å². The summed E-state index contributed by atoms with van der Waals surface area (Å²) in [6, 6.07) is 37.1. The summed E-state index contributed by atoms with van der Waals surface area (Å²) in [6.45, 7) is 19.6. The van der Waals surface area contributed by atoms with E-state index < -0.39 is 19.4 Å². The maximum atomic E-state index is 15.0. The van der Waals surface area contributed by atoms with E-state index >= 15 is 4.79 Å². The van der Waals surface area contributed by atoms with E-state index in [1.165, 1.54) is 0 Å².